The highest BCUT2D eigenvalue weighted by Crippen LogP contribution is 2.34. The number of methoxy groups -OCH3 is 1. The van der Waals surface area contributed by atoms with Crippen molar-refractivity contribution >= 4 is 39.7 Å². The van der Waals surface area contributed by atoms with E-state index in [0.717, 1.165) is 24.5 Å². The van der Waals surface area contributed by atoms with Crippen molar-refractivity contribution in [2.24, 2.45) is 0 Å². The van der Waals surface area contributed by atoms with E-state index in [2.05, 4.69) is 15.3 Å². The molecule has 0 aliphatic heterocycles. The van der Waals surface area contributed by atoms with Crippen LogP contribution >= 0.6 is 11.6 Å². The van der Waals surface area contributed by atoms with E-state index in [-0.39, 0.29) is 33.2 Å². The van der Waals surface area contributed by atoms with E-state index < -0.39 is 22.2 Å². The van der Waals surface area contributed by atoms with Crippen molar-refractivity contribution in [1.29, 1.82) is 0 Å². The van der Waals surface area contributed by atoms with Crippen LogP contribution in [0.15, 0.2) is 30.6 Å². The fourth-order valence-corrected chi connectivity index (χ4v) is 2.44. The van der Waals surface area contributed by atoms with Crippen molar-refractivity contribution < 1.29 is 18.4 Å². The Morgan fingerprint density at radius 1 is 1.20 bits per heavy atom. The van der Waals surface area contributed by atoms with E-state index in [1.165, 1.54) is 13.2 Å². The van der Waals surface area contributed by atoms with Crippen molar-refractivity contribution in [3.63, 3.8) is 0 Å². The van der Waals surface area contributed by atoms with Crippen molar-refractivity contribution in [2.75, 3.05) is 12.4 Å². The molecule has 1 N–H and O–H groups in total. The summed E-state index contributed by atoms with van der Waals surface area (Å²) >= 11 is 5.84. The minimum Gasteiger partial charge on any atom is -0.495 e. The van der Waals surface area contributed by atoms with Gasteiger partial charge < -0.3 is 10.1 Å². The summed E-state index contributed by atoms with van der Waals surface area (Å²) in [5, 5.41) is 13.9. The van der Waals surface area contributed by atoms with Gasteiger partial charge in [-0.05, 0) is 6.07 Å². The van der Waals surface area contributed by atoms with Crippen molar-refractivity contribution in [3.8, 4) is 5.75 Å². The largest absolute Gasteiger partial charge is 0.495 e. The molecule has 0 bridgehead atoms. The van der Waals surface area contributed by atoms with Crippen molar-refractivity contribution in [2.45, 2.75) is 0 Å². The highest BCUT2D eigenvalue weighted by molar-refractivity contribution is 6.32. The molecule has 0 spiro atoms. The monoisotopic (exact) mass is 366 g/mol. The summed E-state index contributed by atoms with van der Waals surface area (Å²) in [4.78, 5) is 17.9. The zero-order valence-electron chi connectivity index (χ0n) is 12.6. The molecule has 0 unspecified atom stereocenters. The van der Waals surface area contributed by atoms with Crippen LogP contribution in [0.4, 0.5) is 26.0 Å². The second-order valence-corrected chi connectivity index (χ2v) is 5.30. The lowest BCUT2D eigenvalue weighted by molar-refractivity contribution is -0.387. The van der Waals surface area contributed by atoms with Gasteiger partial charge in [0.1, 0.15) is 23.7 Å². The SMILES string of the molecule is COc1cc(Nc2ncnc3cc(F)c([N+](=O)[O-])cc23)c(F)cc1Cl. The first kappa shape index (κ1) is 16.8. The lowest BCUT2D eigenvalue weighted by Crippen LogP contribution is -2.01. The molecular weight excluding hydrogens is 358 g/mol. The molecule has 0 fully saturated rings. The Hall–Kier alpha value is -3.07. The number of nitrogens with one attached hydrogen (secondary N) is 1. The zero-order valence-corrected chi connectivity index (χ0v) is 13.3. The number of nitrogens with zero attached hydrogens (tertiary/aromatic N) is 3. The number of fused-ring (bicyclic) bond motifs is 1. The molecule has 7 nitrogen and oxygen atoms in total. The van der Waals surface area contributed by atoms with Gasteiger partial charge in [0.15, 0.2) is 0 Å². The van der Waals surface area contributed by atoms with Gasteiger partial charge in [-0.15, -0.1) is 0 Å². The van der Waals surface area contributed by atoms with Crippen LogP contribution in [0, 0.1) is 21.7 Å². The summed E-state index contributed by atoms with van der Waals surface area (Å²) in [6.07, 6.45) is 1.13. The number of ether oxygens (including phenoxy) is 1. The molecule has 0 saturated heterocycles. The Balaban J connectivity index is 2.13. The van der Waals surface area contributed by atoms with Crippen LogP contribution in [0.1, 0.15) is 0 Å². The molecule has 0 saturated carbocycles. The molecule has 10 heteroatoms. The molecule has 0 aliphatic carbocycles. The van der Waals surface area contributed by atoms with Crippen molar-refractivity contribution in [1.82, 2.24) is 9.97 Å². The van der Waals surface area contributed by atoms with Gasteiger partial charge in [0, 0.05) is 18.2 Å². The van der Waals surface area contributed by atoms with E-state index >= 15 is 0 Å². The molecule has 3 rings (SSSR count). The molecular formula is C15H9ClF2N4O3. The van der Waals surface area contributed by atoms with Gasteiger partial charge in [-0.3, -0.25) is 10.1 Å². The third kappa shape index (κ3) is 3.13. The topological polar surface area (TPSA) is 90.2 Å². The minimum atomic E-state index is -1.03. The van der Waals surface area contributed by atoms with Crippen LogP contribution < -0.4 is 10.1 Å². The summed E-state index contributed by atoms with van der Waals surface area (Å²) in [6.45, 7) is 0. The van der Waals surface area contributed by atoms with E-state index in [1.807, 2.05) is 0 Å². The molecule has 128 valence electrons. The first-order chi connectivity index (χ1) is 11.9. The van der Waals surface area contributed by atoms with Gasteiger partial charge in [0.05, 0.1) is 33.6 Å². The quantitative estimate of drug-likeness (QED) is 0.549. The summed E-state index contributed by atoms with van der Waals surface area (Å²) in [6, 6.07) is 4.26. The predicted octanol–water partition coefficient (Wildman–Crippen LogP) is 4.22. The Kier molecular flexibility index (Phi) is 4.32. The van der Waals surface area contributed by atoms with Crippen molar-refractivity contribution in [3.05, 3.63) is 57.4 Å². The lowest BCUT2D eigenvalue weighted by atomic mass is 10.2. The van der Waals surface area contributed by atoms with E-state index in [0.29, 0.717) is 0 Å². The van der Waals surface area contributed by atoms with Crippen LogP contribution in [0.2, 0.25) is 5.02 Å². The van der Waals surface area contributed by atoms with Gasteiger partial charge in [0.2, 0.25) is 5.82 Å². The predicted molar refractivity (Wildman–Crippen MR) is 87.4 cm³/mol. The molecule has 1 heterocycles. The smallest absolute Gasteiger partial charge is 0.305 e. The number of benzene rings is 2. The molecule has 2 aromatic carbocycles. The number of hydrogen-bond donors (Lipinski definition) is 1. The van der Waals surface area contributed by atoms with Crippen LogP contribution in [-0.2, 0) is 0 Å². The first-order valence-electron chi connectivity index (χ1n) is 6.79. The van der Waals surface area contributed by atoms with Gasteiger partial charge in [-0.1, -0.05) is 11.6 Å². The van der Waals surface area contributed by atoms with Crippen LogP contribution in [0.5, 0.6) is 5.75 Å². The number of hydrogen-bond acceptors (Lipinski definition) is 6. The molecule has 0 atom stereocenters. The lowest BCUT2D eigenvalue weighted by Gasteiger charge is -2.11. The van der Waals surface area contributed by atoms with Crippen LogP contribution in [0.3, 0.4) is 0 Å². The van der Waals surface area contributed by atoms with E-state index in [9.17, 15) is 18.9 Å². The Morgan fingerprint density at radius 3 is 2.64 bits per heavy atom. The number of rotatable bonds is 4. The van der Waals surface area contributed by atoms with Crippen LogP contribution in [-0.4, -0.2) is 22.0 Å². The van der Waals surface area contributed by atoms with Gasteiger partial charge in [0.25, 0.3) is 0 Å². The summed E-state index contributed by atoms with van der Waals surface area (Å²) in [5.74, 6) is -1.42. The molecule has 3 aromatic rings. The van der Waals surface area contributed by atoms with Gasteiger partial charge in [-0.2, -0.15) is 4.39 Å². The maximum atomic E-state index is 14.1. The fourth-order valence-electron chi connectivity index (χ4n) is 2.21. The minimum absolute atomic E-state index is 0.0202. The third-order valence-corrected chi connectivity index (χ3v) is 3.69. The third-order valence-electron chi connectivity index (χ3n) is 3.40. The number of nitro groups is 1. The molecule has 0 amide bonds. The Morgan fingerprint density at radius 2 is 1.96 bits per heavy atom. The number of halogens is 3. The second kappa shape index (κ2) is 6.44. The van der Waals surface area contributed by atoms with Gasteiger partial charge in [-0.25, -0.2) is 14.4 Å². The molecule has 25 heavy (non-hydrogen) atoms. The maximum Gasteiger partial charge on any atom is 0.305 e. The Labute approximate surface area is 144 Å². The summed E-state index contributed by atoms with van der Waals surface area (Å²) in [7, 11) is 1.37. The molecule has 1 aromatic heterocycles. The second-order valence-electron chi connectivity index (χ2n) is 4.89. The van der Waals surface area contributed by atoms with E-state index in [1.54, 1.807) is 0 Å². The molecule has 0 radical (unpaired) electrons. The number of aromatic nitrogens is 2. The zero-order chi connectivity index (χ0) is 18.1. The normalized spacial score (nSPS) is 10.7. The first-order valence-corrected chi connectivity index (χ1v) is 7.17. The standard InChI is InChI=1S/C15H9ClF2N4O3/c1-25-14-5-12(9(17)3-8(14)16)21-15-7-2-13(22(23)24)10(18)4-11(7)19-6-20-15/h2-6H,1H3,(H,19,20,21). The highest BCUT2D eigenvalue weighted by Gasteiger charge is 2.18. The van der Waals surface area contributed by atoms with Crippen LogP contribution in [0.25, 0.3) is 10.9 Å². The summed E-state index contributed by atoms with van der Waals surface area (Å²) < 4.78 is 32.9. The van der Waals surface area contributed by atoms with Gasteiger partial charge >= 0.3 is 5.69 Å². The van der Waals surface area contributed by atoms with E-state index in [4.69, 9.17) is 16.3 Å². The fraction of sp³-hybridized carbons (Fsp3) is 0.0667. The average molecular weight is 367 g/mol. The Bertz CT molecular complexity index is 1000. The average Bonchev–Trinajstić information content (AvgIpc) is 2.56. The molecule has 0 aliphatic rings. The summed E-state index contributed by atoms with van der Waals surface area (Å²) in [5.41, 5.74) is -0.630. The number of nitro benzene ring substituents is 1. The highest BCUT2D eigenvalue weighted by atomic mass is 35.5. The number of anilines is 2. The maximum absolute atomic E-state index is 14.1.